The minimum atomic E-state index is -4.13. The van der Waals surface area contributed by atoms with Crippen LogP contribution in [0.1, 0.15) is 11.1 Å². The fourth-order valence-corrected chi connectivity index (χ4v) is 2.76. The Hall–Kier alpha value is -1.08. The van der Waals surface area contributed by atoms with Crippen LogP contribution in [-0.4, -0.2) is 25.9 Å². The summed E-state index contributed by atoms with van der Waals surface area (Å²) < 4.78 is 61.5. The summed E-state index contributed by atoms with van der Waals surface area (Å²) >= 11 is 0. The Labute approximate surface area is 149 Å². The van der Waals surface area contributed by atoms with E-state index in [4.69, 9.17) is 0 Å². The number of hydrogen-bond donors (Lipinski definition) is 0. The van der Waals surface area contributed by atoms with Gasteiger partial charge in [-0.15, -0.1) is 0 Å². The summed E-state index contributed by atoms with van der Waals surface area (Å²) in [5, 5.41) is 0. The van der Waals surface area contributed by atoms with E-state index in [1.54, 1.807) is 60.7 Å². The van der Waals surface area contributed by atoms with Crippen molar-refractivity contribution in [1.29, 1.82) is 0 Å². The molecular formula is C14H14O6PdS2. The van der Waals surface area contributed by atoms with E-state index in [2.05, 4.69) is 0 Å². The molecule has 0 aliphatic heterocycles. The molecule has 0 saturated heterocycles. The van der Waals surface area contributed by atoms with Gasteiger partial charge in [0.1, 0.15) is 0 Å². The van der Waals surface area contributed by atoms with E-state index >= 15 is 0 Å². The first-order chi connectivity index (χ1) is 10.2. The Morgan fingerprint density at radius 3 is 1.09 bits per heavy atom. The molecule has 0 N–H and O–H groups in total. The summed E-state index contributed by atoms with van der Waals surface area (Å²) in [5.74, 6) is -0.846. The largest absolute Gasteiger partial charge is 2.00 e. The molecular weight excluding hydrogens is 435 g/mol. The van der Waals surface area contributed by atoms with Crippen LogP contribution in [0.3, 0.4) is 0 Å². The summed E-state index contributed by atoms with van der Waals surface area (Å²) in [7, 11) is -8.25. The second-order valence-electron chi connectivity index (χ2n) is 4.38. The van der Waals surface area contributed by atoms with Crippen molar-refractivity contribution in [1.82, 2.24) is 0 Å². The number of rotatable bonds is 4. The van der Waals surface area contributed by atoms with Gasteiger partial charge >= 0.3 is 20.4 Å². The van der Waals surface area contributed by atoms with Crippen LogP contribution < -0.4 is 0 Å². The van der Waals surface area contributed by atoms with Gasteiger partial charge in [0.25, 0.3) is 0 Å². The van der Waals surface area contributed by atoms with Crippen molar-refractivity contribution >= 4 is 20.2 Å². The maximum absolute atomic E-state index is 10.2. The van der Waals surface area contributed by atoms with E-state index in [1.165, 1.54) is 0 Å². The number of hydrogen-bond acceptors (Lipinski definition) is 6. The predicted octanol–water partition coefficient (Wildman–Crippen LogP) is 1.46. The molecule has 0 saturated carbocycles. The molecule has 0 heterocycles. The molecule has 0 bridgehead atoms. The first kappa shape index (κ1) is 21.9. The molecule has 0 amide bonds. The Balaban J connectivity index is 0.000000403. The van der Waals surface area contributed by atoms with Crippen molar-refractivity contribution in [3.63, 3.8) is 0 Å². The zero-order chi connectivity index (χ0) is 16.6. The van der Waals surface area contributed by atoms with Crippen LogP contribution in [0.4, 0.5) is 0 Å². The zero-order valence-electron chi connectivity index (χ0n) is 11.8. The van der Waals surface area contributed by atoms with Gasteiger partial charge in [0.05, 0.1) is 31.7 Å². The van der Waals surface area contributed by atoms with Crippen molar-refractivity contribution in [3.05, 3.63) is 71.8 Å². The van der Waals surface area contributed by atoms with Crippen LogP contribution >= 0.6 is 0 Å². The quantitative estimate of drug-likeness (QED) is 0.516. The zero-order valence-corrected chi connectivity index (χ0v) is 15.0. The van der Waals surface area contributed by atoms with Crippen LogP contribution in [0, 0.1) is 0 Å². The van der Waals surface area contributed by atoms with Crippen molar-refractivity contribution in [3.8, 4) is 0 Å². The molecule has 0 fully saturated rings. The number of benzene rings is 2. The third kappa shape index (κ3) is 12.1. The second-order valence-corrected chi connectivity index (χ2v) is 7.18. The molecule has 6 nitrogen and oxygen atoms in total. The monoisotopic (exact) mass is 448 g/mol. The van der Waals surface area contributed by atoms with Gasteiger partial charge in [0.2, 0.25) is 0 Å². The molecule has 0 unspecified atom stereocenters. The first-order valence-electron chi connectivity index (χ1n) is 6.11. The van der Waals surface area contributed by atoms with Crippen molar-refractivity contribution < 1.29 is 46.4 Å². The van der Waals surface area contributed by atoms with Gasteiger partial charge in [-0.05, 0) is 11.1 Å². The predicted molar refractivity (Wildman–Crippen MR) is 79.7 cm³/mol. The summed E-state index contributed by atoms with van der Waals surface area (Å²) in [5.41, 5.74) is 1.06. The Morgan fingerprint density at radius 1 is 0.609 bits per heavy atom. The Kier molecular flexibility index (Phi) is 9.46. The van der Waals surface area contributed by atoms with E-state index in [-0.39, 0.29) is 20.4 Å². The summed E-state index contributed by atoms with van der Waals surface area (Å²) in [6.07, 6.45) is 0. The average Bonchev–Trinajstić information content (AvgIpc) is 2.38. The van der Waals surface area contributed by atoms with E-state index < -0.39 is 31.7 Å². The third-order valence-electron chi connectivity index (χ3n) is 2.37. The minimum Gasteiger partial charge on any atom is -0.748 e. The van der Waals surface area contributed by atoms with E-state index in [9.17, 15) is 25.9 Å². The fraction of sp³-hybridized carbons (Fsp3) is 0.143. The maximum Gasteiger partial charge on any atom is 2.00 e. The minimum absolute atomic E-state index is 0. The van der Waals surface area contributed by atoms with Crippen LogP contribution in [0.5, 0.6) is 0 Å². The van der Waals surface area contributed by atoms with Gasteiger partial charge in [0, 0.05) is 0 Å². The van der Waals surface area contributed by atoms with Crippen LogP contribution in [0.2, 0.25) is 0 Å². The summed E-state index contributed by atoms with van der Waals surface area (Å²) in [4.78, 5) is 0. The average molecular weight is 449 g/mol. The summed E-state index contributed by atoms with van der Waals surface area (Å²) in [6, 6.07) is 16.7. The van der Waals surface area contributed by atoms with Crippen molar-refractivity contribution in [2.45, 2.75) is 11.5 Å². The van der Waals surface area contributed by atoms with Gasteiger partial charge in [-0.25, -0.2) is 16.8 Å². The van der Waals surface area contributed by atoms with Gasteiger partial charge in [-0.2, -0.15) is 0 Å². The Bertz CT molecular complexity index is 705. The van der Waals surface area contributed by atoms with E-state index in [0.29, 0.717) is 11.1 Å². The molecule has 23 heavy (non-hydrogen) atoms. The first-order valence-corrected chi connectivity index (χ1v) is 9.26. The molecule has 2 aromatic rings. The van der Waals surface area contributed by atoms with Gasteiger partial charge in [-0.3, -0.25) is 0 Å². The topological polar surface area (TPSA) is 114 Å². The molecule has 9 heteroatoms. The van der Waals surface area contributed by atoms with Crippen molar-refractivity contribution in [2.75, 3.05) is 0 Å². The third-order valence-corrected chi connectivity index (χ3v) is 3.75. The SMILES string of the molecule is O=S(=O)([O-])Cc1ccccc1.O=S(=O)([O-])Cc1ccccc1.[Pd+2]. The fourth-order valence-electron chi connectivity index (χ4n) is 1.56. The maximum atomic E-state index is 10.2. The van der Waals surface area contributed by atoms with Gasteiger partial charge in [-0.1, -0.05) is 60.7 Å². The second kappa shape index (κ2) is 9.93. The molecule has 0 aromatic heterocycles. The summed E-state index contributed by atoms with van der Waals surface area (Å²) in [6.45, 7) is 0. The molecule has 2 aromatic carbocycles. The van der Waals surface area contributed by atoms with Crippen LogP contribution in [-0.2, 0) is 52.2 Å². The van der Waals surface area contributed by atoms with Gasteiger partial charge in [0.15, 0.2) is 0 Å². The normalized spacial score (nSPS) is 10.9. The van der Waals surface area contributed by atoms with E-state index in [0.717, 1.165) is 0 Å². The Morgan fingerprint density at radius 2 is 0.870 bits per heavy atom. The van der Waals surface area contributed by atoms with Gasteiger partial charge < -0.3 is 9.11 Å². The molecule has 0 atom stereocenters. The molecule has 0 aliphatic carbocycles. The van der Waals surface area contributed by atoms with E-state index in [1.807, 2.05) is 0 Å². The van der Waals surface area contributed by atoms with Crippen molar-refractivity contribution in [2.24, 2.45) is 0 Å². The molecule has 0 spiro atoms. The van der Waals surface area contributed by atoms with Crippen LogP contribution in [0.25, 0.3) is 0 Å². The molecule has 128 valence electrons. The standard InChI is InChI=1S/2C7H8O3S.Pd/c2*8-11(9,10)6-7-4-2-1-3-5-7;/h2*1-5H,6H2,(H,8,9,10);/q;;+2/p-2. The molecule has 0 aliphatic rings. The molecule has 0 radical (unpaired) electrons. The smallest absolute Gasteiger partial charge is 0.748 e. The molecule has 2 rings (SSSR count). The van der Waals surface area contributed by atoms with Crippen LogP contribution in [0.15, 0.2) is 60.7 Å².